The number of benzene rings is 1. The van der Waals surface area contributed by atoms with E-state index in [0.29, 0.717) is 11.6 Å². The van der Waals surface area contributed by atoms with Crippen molar-refractivity contribution < 1.29 is 0 Å². The number of piperazine rings is 1. The minimum absolute atomic E-state index is 0.393. The first-order valence-electron chi connectivity index (χ1n) is 7.69. The molecule has 1 aromatic carbocycles. The fourth-order valence-electron chi connectivity index (χ4n) is 3.85. The summed E-state index contributed by atoms with van der Waals surface area (Å²) in [6.07, 6.45) is 5.48. The Morgan fingerprint density at radius 1 is 1.21 bits per heavy atom. The number of anilines is 1. The lowest BCUT2D eigenvalue weighted by Gasteiger charge is -2.47. The van der Waals surface area contributed by atoms with Gasteiger partial charge in [0.05, 0.1) is 0 Å². The van der Waals surface area contributed by atoms with E-state index in [1.54, 1.807) is 0 Å². The maximum absolute atomic E-state index is 3.83. The number of nitrogens with zero attached hydrogens (tertiary/aromatic N) is 1. The summed E-state index contributed by atoms with van der Waals surface area (Å²) in [5.74, 6) is 0. The molecule has 0 amide bonds. The zero-order chi connectivity index (χ0) is 13.5. The van der Waals surface area contributed by atoms with E-state index in [0.717, 1.165) is 6.54 Å². The van der Waals surface area contributed by atoms with E-state index in [2.05, 4.69) is 49.2 Å². The van der Waals surface area contributed by atoms with Gasteiger partial charge in [0.25, 0.3) is 0 Å². The average Bonchev–Trinajstić information content (AvgIpc) is 2.82. The third-order valence-corrected chi connectivity index (χ3v) is 5.00. The zero-order valence-corrected chi connectivity index (χ0v) is 12.5. The molecule has 1 atom stereocenters. The maximum Gasteiger partial charge on any atom is 0.0399 e. The number of rotatable bonds is 1. The minimum atomic E-state index is 0.393. The van der Waals surface area contributed by atoms with Gasteiger partial charge in [0.1, 0.15) is 0 Å². The normalized spacial score (nSPS) is 26.1. The van der Waals surface area contributed by atoms with Crippen LogP contribution in [0.15, 0.2) is 18.2 Å². The Kier molecular flexibility index (Phi) is 3.30. The molecule has 1 spiro atoms. The van der Waals surface area contributed by atoms with E-state index >= 15 is 0 Å². The average molecular weight is 258 g/mol. The van der Waals surface area contributed by atoms with Gasteiger partial charge < -0.3 is 10.2 Å². The molecule has 0 radical (unpaired) electrons. The van der Waals surface area contributed by atoms with E-state index in [1.807, 2.05) is 0 Å². The molecular formula is C17H26N2. The lowest BCUT2D eigenvalue weighted by Crippen LogP contribution is -2.62. The van der Waals surface area contributed by atoms with Crippen molar-refractivity contribution in [2.75, 3.05) is 18.0 Å². The minimum Gasteiger partial charge on any atom is -0.365 e. The summed E-state index contributed by atoms with van der Waals surface area (Å²) in [6, 6.07) is 7.46. The molecule has 2 nitrogen and oxygen atoms in total. The molecule has 1 saturated carbocycles. The van der Waals surface area contributed by atoms with Crippen LogP contribution in [-0.4, -0.2) is 24.7 Å². The lowest BCUT2D eigenvalue weighted by atomic mass is 9.91. The third-order valence-electron chi connectivity index (χ3n) is 5.00. The Labute approximate surface area is 117 Å². The second-order valence-corrected chi connectivity index (χ2v) is 6.64. The van der Waals surface area contributed by atoms with Crippen molar-refractivity contribution in [2.24, 2.45) is 0 Å². The van der Waals surface area contributed by atoms with Gasteiger partial charge in [-0.1, -0.05) is 30.5 Å². The molecule has 0 aromatic heterocycles. The van der Waals surface area contributed by atoms with Crippen molar-refractivity contribution >= 4 is 5.69 Å². The molecule has 1 aliphatic heterocycles. The Morgan fingerprint density at radius 2 is 1.95 bits per heavy atom. The summed E-state index contributed by atoms with van der Waals surface area (Å²) in [5.41, 5.74) is 4.61. The number of aryl methyl sites for hydroxylation is 2. The molecule has 2 aliphatic rings. The summed E-state index contributed by atoms with van der Waals surface area (Å²) in [5, 5.41) is 3.83. The largest absolute Gasteiger partial charge is 0.365 e. The van der Waals surface area contributed by atoms with Gasteiger partial charge >= 0.3 is 0 Å². The fraction of sp³-hybridized carbons (Fsp3) is 0.647. The topological polar surface area (TPSA) is 15.3 Å². The Morgan fingerprint density at radius 3 is 2.63 bits per heavy atom. The van der Waals surface area contributed by atoms with Gasteiger partial charge in [-0.05, 0) is 45.2 Å². The van der Waals surface area contributed by atoms with Crippen LogP contribution in [0.5, 0.6) is 0 Å². The van der Waals surface area contributed by atoms with E-state index in [9.17, 15) is 0 Å². The molecule has 1 aliphatic carbocycles. The van der Waals surface area contributed by atoms with Crippen LogP contribution in [0.3, 0.4) is 0 Å². The molecule has 3 rings (SSSR count). The first-order valence-corrected chi connectivity index (χ1v) is 7.69. The monoisotopic (exact) mass is 258 g/mol. The van der Waals surface area contributed by atoms with E-state index in [1.165, 1.54) is 49.0 Å². The molecule has 19 heavy (non-hydrogen) atoms. The highest BCUT2D eigenvalue weighted by Gasteiger charge is 2.40. The number of hydrogen-bond acceptors (Lipinski definition) is 2. The van der Waals surface area contributed by atoms with Crippen LogP contribution in [0.4, 0.5) is 5.69 Å². The van der Waals surface area contributed by atoms with Gasteiger partial charge in [-0.2, -0.15) is 0 Å². The molecule has 104 valence electrons. The first kappa shape index (κ1) is 13.0. The molecule has 1 saturated heterocycles. The molecule has 1 N–H and O–H groups in total. The molecule has 1 heterocycles. The van der Waals surface area contributed by atoms with Crippen molar-refractivity contribution in [3.63, 3.8) is 0 Å². The Bertz CT molecular complexity index is 460. The predicted molar refractivity (Wildman–Crippen MR) is 81.9 cm³/mol. The van der Waals surface area contributed by atoms with Crippen LogP contribution in [-0.2, 0) is 0 Å². The van der Waals surface area contributed by atoms with Gasteiger partial charge in [-0.15, -0.1) is 0 Å². The van der Waals surface area contributed by atoms with Gasteiger partial charge in [0.2, 0.25) is 0 Å². The predicted octanol–water partition coefficient (Wildman–Crippen LogP) is 3.41. The van der Waals surface area contributed by atoms with Crippen LogP contribution in [0.2, 0.25) is 0 Å². The summed E-state index contributed by atoms with van der Waals surface area (Å²) in [6.45, 7) is 9.06. The van der Waals surface area contributed by atoms with Gasteiger partial charge in [0, 0.05) is 30.4 Å². The standard InChI is InChI=1S/C17H26N2/c1-13-6-7-16(14(2)10-13)19-12-17(8-4-5-9-17)18-11-15(19)3/h6-7,10,15,18H,4-5,8-9,11-12H2,1-3H3. The van der Waals surface area contributed by atoms with Crippen molar-refractivity contribution in [1.29, 1.82) is 0 Å². The molecule has 0 bridgehead atoms. The molecule has 1 aromatic rings. The number of nitrogens with one attached hydrogen (secondary N) is 1. The SMILES string of the molecule is Cc1ccc(N2CC3(CCCC3)NCC2C)c(C)c1. The zero-order valence-electron chi connectivity index (χ0n) is 12.5. The Balaban J connectivity index is 1.89. The third kappa shape index (κ3) is 2.38. The maximum atomic E-state index is 3.83. The van der Waals surface area contributed by atoms with Crippen molar-refractivity contribution in [1.82, 2.24) is 5.32 Å². The fourth-order valence-corrected chi connectivity index (χ4v) is 3.85. The van der Waals surface area contributed by atoms with E-state index in [-0.39, 0.29) is 0 Å². The Hall–Kier alpha value is -1.02. The summed E-state index contributed by atoms with van der Waals surface area (Å²) in [4.78, 5) is 2.64. The molecule has 2 heteroatoms. The highest BCUT2D eigenvalue weighted by Crippen LogP contribution is 2.36. The second kappa shape index (κ2) is 4.82. The molecule has 1 unspecified atom stereocenters. The summed E-state index contributed by atoms with van der Waals surface area (Å²) in [7, 11) is 0. The van der Waals surface area contributed by atoms with Crippen molar-refractivity contribution in [3.05, 3.63) is 29.3 Å². The van der Waals surface area contributed by atoms with Crippen LogP contribution in [0.25, 0.3) is 0 Å². The summed E-state index contributed by atoms with van der Waals surface area (Å²) >= 11 is 0. The highest BCUT2D eigenvalue weighted by molar-refractivity contribution is 5.56. The van der Waals surface area contributed by atoms with Crippen LogP contribution in [0.1, 0.15) is 43.7 Å². The second-order valence-electron chi connectivity index (χ2n) is 6.64. The van der Waals surface area contributed by atoms with Gasteiger partial charge in [-0.3, -0.25) is 0 Å². The van der Waals surface area contributed by atoms with Gasteiger partial charge in [-0.25, -0.2) is 0 Å². The molecular weight excluding hydrogens is 232 g/mol. The van der Waals surface area contributed by atoms with E-state index in [4.69, 9.17) is 0 Å². The van der Waals surface area contributed by atoms with Crippen LogP contribution < -0.4 is 10.2 Å². The van der Waals surface area contributed by atoms with Crippen molar-refractivity contribution in [3.8, 4) is 0 Å². The van der Waals surface area contributed by atoms with E-state index < -0.39 is 0 Å². The molecule has 2 fully saturated rings. The smallest absolute Gasteiger partial charge is 0.0399 e. The van der Waals surface area contributed by atoms with Gasteiger partial charge in [0.15, 0.2) is 0 Å². The number of hydrogen-bond donors (Lipinski definition) is 1. The first-order chi connectivity index (χ1) is 9.10. The lowest BCUT2D eigenvalue weighted by molar-refractivity contribution is 0.276. The van der Waals surface area contributed by atoms with Crippen LogP contribution in [0, 0.1) is 13.8 Å². The highest BCUT2D eigenvalue weighted by atomic mass is 15.3. The summed E-state index contributed by atoms with van der Waals surface area (Å²) < 4.78 is 0. The van der Waals surface area contributed by atoms with Crippen molar-refractivity contribution in [2.45, 2.75) is 58.0 Å². The quantitative estimate of drug-likeness (QED) is 0.830. The van der Waals surface area contributed by atoms with Crippen LogP contribution >= 0.6 is 0 Å².